The van der Waals surface area contributed by atoms with Crippen LogP contribution in [0.15, 0.2) is 34.8 Å². The molecule has 4 rings (SSSR count). The fourth-order valence-electron chi connectivity index (χ4n) is 4.16. The van der Waals surface area contributed by atoms with Gasteiger partial charge in [0.2, 0.25) is 5.91 Å². The molecule has 0 radical (unpaired) electrons. The topological polar surface area (TPSA) is 59.8 Å². The maximum absolute atomic E-state index is 12.5. The molecule has 1 atom stereocenters. The molecule has 170 valence electrons. The summed E-state index contributed by atoms with van der Waals surface area (Å²) in [6.45, 7) is 9.68. The first-order valence-electron chi connectivity index (χ1n) is 11.5. The summed E-state index contributed by atoms with van der Waals surface area (Å²) in [6.07, 6.45) is 4.52. The molecule has 0 fully saturated rings. The minimum Gasteiger partial charge on any atom is -0.325 e. The number of fused-ring (bicyclic) bond motifs is 1. The van der Waals surface area contributed by atoms with Gasteiger partial charge in [-0.15, -0.1) is 21.5 Å². The van der Waals surface area contributed by atoms with Gasteiger partial charge in [0, 0.05) is 28.1 Å². The van der Waals surface area contributed by atoms with E-state index in [1.807, 2.05) is 23.5 Å². The van der Waals surface area contributed by atoms with Gasteiger partial charge in [0.25, 0.3) is 0 Å². The lowest BCUT2D eigenvalue weighted by molar-refractivity contribution is -0.113. The quantitative estimate of drug-likeness (QED) is 0.389. The van der Waals surface area contributed by atoms with Crippen LogP contribution in [0.1, 0.15) is 62.5 Å². The van der Waals surface area contributed by atoms with Gasteiger partial charge >= 0.3 is 0 Å². The van der Waals surface area contributed by atoms with Gasteiger partial charge in [-0.05, 0) is 60.8 Å². The van der Waals surface area contributed by atoms with Crippen LogP contribution in [-0.2, 0) is 24.2 Å². The highest BCUT2D eigenvalue weighted by Gasteiger charge is 2.24. The molecule has 0 saturated heterocycles. The molecule has 1 aliphatic rings. The van der Waals surface area contributed by atoms with Crippen LogP contribution in [0, 0.1) is 5.92 Å². The first kappa shape index (κ1) is 23.1. The second-order valence-corrected chi connectivity index (χ2v) is 10.9. The highest BCUT2D eigenvalue weighted by molar-refractivity contribution is 7.99. The van der Waals surface area contributed by atoms with Crippen LogP contribution in [-0.4, -0.2) is 26.4 Å². The standard InChI is InChI=1S/C25H32N4OS2/c1-5-12-29-24(21-14-31-22-13-17(4)6-11-20(21)22)27-28-25(29)32-15-23(30)26-19-9-7-18(8-10-19)16(2)3/h7-10,14,16-17H,5-6,11-13,15H2,1-4H3,(H,26,30). The van der Waals surface area contributed by atoms with Gasteiger partial charge in [-0.25, -0.2) is 0 Å². The minimum absolute atomic E-state index is 0.0261. The summed E-state index contributed by atoms with van der Waals surface area (Å²) in [6, 6.07) is 8.08. The summed E-state index contributed by atoms with van der Waals surface area (Å²) >= 11 is 3.32. The Morgan fingerprint density at radius 2 is 2.06 bits per heavy atom. The lowest BCUT2D eigenvalue weighted by Crippen LogP contribution is -2.15. The van der Waals surface area contributed by atoms with Gasteiger partial charge in [-0.3, -0.25) is 4.79 Å². The molecule has 1 aromatic carbocycles. The van der Waals surface area contributed by atoms with E-state index in [1.165, 1.54) is 46.2 Å². The monoisotopic (exact) mass is 468 g/mol. The van der Waals surface area contributed by atoms with Crippen molar-refractivity contribution in [1.29, 1.82) is 0 Å². The fourth-order valence-corrected chi connectivity index (χ4v) is 6.17. The Morgan fingerprint density at radius 3 is 2.78 bits per heavy atom. The molecule has 0 bridgehead atoms. The van der Waals surface area contributed by atoms with Crippen molar-refractivity contribution in [3.8, 4) is 11.4 Å². The lowest BCUT2D eigenvalue weighted by atomic mass is 9.88. The second-order valence-electron chi connectivity index (χ2n) is 8.97. The fraction of sp³-hybridized carbons (Fsp3) is 0.480. The van der Waals surface area contributed by atoms with Crippen molar-refractivity contribution in [3.05, 3.63) is 45.6 Å². The molecule has 3 aromatic rings. The normalized spacial score (nSPS) is 15.7. The SMILES string of the molecule is CCCn1c(SCC(=O)Nc2ccc(C(C)C)cc2)nnc1-c1csc2c1CCC(C)C2. The number of hydrogen-bond donors (Lipinski definition) is 1. The number of nitrogens with one attached hydrogen (secondary N) is 1. The van der Waals surface area contributed by atoms with Crippen molar-refractivity contribution in [2.75, 3.05) is 11.1 Å². The zero-order chi connectivity index (χ0) is 22.7. The Bertz CT molecular complexity index is 1070. The summed E-state index contributed by atoms with van der Waals surface area (Å²) < 4.78 is 2.19. The highest BCUT2D eigenvalue weighted by Crippen LogP contribution is 2.38. The van der Waals surface area contributed by atoms with Gasteiger partial charge < -0.3 is 9.88 Å². The average molecular weight is 469 g/mol. The molecule has 7 heteroatoms. The number of thiophene rings is 1. The summed E-state index contributed by atoms with van der Waals surface area (Å²) in [5.41, 5.74) is 4.79. The molecule has 1 amide bonds. The molecule has 1 aliphatic carbocycles. The van der Waals surface area contributed by atoms with Gasteiger partial charge in [-0.2, -0.15) is 0 Å². The number of nitrogens with zero attached hydrogens (tertiary/aromatic N) is 3. The van der Waals surface area contributed by atoms with E-state index in [-0.39, 0.29) is 5.91 Å². The second kappa shape index (κ2) is 10.2. The number of carbonyl (C=O) groups is 1. The zero-order valence-electron chi connectivity index (χ0n) is 19.4. The predicted molar refractivity (Wildman–Crippen MR) is 135 cm³/mol. The van der Waals surface area contributed by atoms with Crippen LogP contribution >= 0.6 is 23.1 Å². The van der Waals surface area contributed by atoms with Gasteiger partial charge in [0.05, 0.1) is 5.75 Å². The molecule has 0 aliphatic heterocycles. The van der Waals surface area contributed by atoms with Crippen LogP contribution in [0.4, 0.5) is 5.69 Å². The lowest BCUT2D eigenvalue weighted by Gasteiger charge is -2.19. The third-order valence-electron chi connectivity index (χ3n) is 6.00. The number of rotatable bonds is 8. The summed E-state index contributed by atoms with van der Waals surface area (Å²) in [5.74, 6) is 2.47. The molecular formula is C25H32N4OS2. The molecule has 1 unspecified atom stereocenters. The molecule has 5 nitrogen and oxygen atoms in total. The van der Waals surface area contributed by atoms with E-state index in [2.05, 4.69) is 65.3 Å². The van der Waals surface area contributed by atoms with Crippen LogP contribution in [0.3, 0.4) is 0 Å². The van der Waals surface area contributed by atoms with Crippen molar-refractivity contribution < 1.29 is 4.79 Å². The first-order chi connectivity index (χ1) is 15.5. The molecular weight excluding hydrogens is 436 g/mol. The van der Waals surface area contributed by atoms with Crippen LogP contribution in [0.5, 0.6) is 0 Å². The van der Waals surface area contributed by atoms with E-state index in [9.17, 15) is 4.79 Å². The summed E-state index contributed by atoms with van der Waals surface area (Å²) in [7, 11) is 0. The summed E-state index contributed by atoms with van der Waals surface area (Å²) in [5, 5.41) is 15.1. The Labute approximate surface area is 199 Å². The molecule has 0 spiro atoms. The van der Waals surface area contributed by atoms with Crippen molar-refractivity contribution in [1.82, 2.24) is 14.8 Å². The van der Waals surface area contributed by atoms with Crippen molar-refractivity contribution in [3.63, 3.8) is 0 Å². The average Bonchev–Trinajstić information content (AvgIpc) is 3.36. The van der Waals surface area contributed by atoms with E-state index in [4.69, 9.17) is 0 Å². The highest BCUT2D eigenvalue weighted by atomic mass is 32.2. The zero-order valence-corrected chi connectivity index (χ0v) is 21.0. The third-order valence-corrected chi connectivity index (χ3v) is 8.02. The number of hydrogen-bond acceptors (Lipinski definition) is 5. The van der Waals surface area contributed by atoms with Gasteiger partial charge in [0.15, 0.2) is 11.0 Å². The number of aromatic nitrogens is 3. The van der Waals surface area contributed by atoms with E-state index in [0.29, 0.717) is 11.7 Å². The largest absolute Gasteiger partial charge is 0.325 e. The van der Waals surface area contributed by atoms with Crippen LogP contribution in [0.25, 0.3) is 11.4 Å². The van der Waals surface area contributed by atoms with Crippen molar-refractivity contribution >= 4 is 34.7 Å². The Morgan fingerprint density at radius 1 is 1.28 bits per heavy atom. The van der Waals surface area contributed by atoms with E-state index in [1.54, 1.807) is 0 Å². The van der Waals surface area contributed by atoms with Crippen LogP contribution < -0.4 is 5.32 Å². The van der Waals surface area contributed by atoms with Crippen LogP contribution in [0.2, 0.25) is 0 Å². The number of benzene rings is 1. The van der Waals surface area contributed by atoms with E-state index in [0.717, 1.165) is 42.0 Å². The van der Waals surface area contributed by atoms with E-state index < -0.39 is 0 Å². The number of carbonyl (C=O) groups excluding carboxylic acids is 1. The smallest absolute Gasteiger partial charge is 0.234 e. The Hall–Kier alpha value is -2.12. The molecule has 1 N–H and O–H groups in total. The maximum atomic E-state index is 12.5. The minimum atomic E-state index is -0.0261. The van der Waals surface area contributed by atoms with Gasteiger partial charge in [-0.1, -0.05) is 51.6 Å². The molecule has 0 saturated carbocycles. The molecule has 32 heavy (non-hydrogen) atoms. The Kier molecular flexibility index (Phi) is 7.36. The third kappa shape index (κ3) is 5.09. The molecule has 2 heterocycles. The first-order valence-corrected chi connectivity index (χ1v) is 13.4. The number of thioether (sulfide) groups is 1. The van der Waals surface area contributed by atoms with Crippen molar-refractivity contribution in [2.24, 2.45) is 5.92 Å². The van der Waals surface area contributed by atoms with Crippen molar-refractivity contribution in [2.45, 2.75) is 71.0 Å². The van der Waals surface area contributed by atoms with E-state index >= 15 is 0 Å². The van der Waals surface area contributed by atoms with Gasteiger partial charge in [0.1, 0.15) is 0 Å². The maximum Gasteiger partial charge on any atom is 0.234 e. The summed E-state index contributed by atoms with van der Waals surface area (Å²) in [4.78, 5) is 14.0. The number of amides is 1. The number of anilines is 1. The Balaban J connectivity index is 1.45. The predicted octanol–water partition coefficient (Wildman–Crippen LogP) is 6.40. The molecule has 2 aromatic heterocycles.